The van der Waals surface area contributed by atoms with E-state index < -0.39 is 0 Å². The lowest BCUT2D eigenvalue weighted by molar-refractivity contribution is 0.339. The van der Waals surface area contributed by atoms with E-state index in [1.54, 1.807) is 4.52 Å². The summed E-state index contributed by atoms with van der Waals surface area (Å²) in [5, 5.41) is 5.69. The number of hydrogen-bond donors (Lipinski definition) is 1. The number of nitrogen functional groups attached to an aromatic ring is 1. The van der Waals surface area contributed by atoms with Crippen molar-refractivity contribution >= 4 is 45.2 Å². The van der Waals surface area contributed by atoms with E-state index in [0.29, 0.717) is 16.3 Å². The van der Waals surface area contributed by atoms with E-state index in [1.807, 2.05) is 32.1 Å². The van der Waals surface area contributed by atoms with Crippen LogP contribution >= 0.6 is 11.3 Å². The first-order chi connectivity index (χ1) is 15.0. The molecule has 2 aromatic heterocycles. The van der Waals surface area contributed by atoms with E-state index in [1.165, 1.54) is 43.4 Å². The minimum Gasteiger partial charge on any atom is -0.383 e. The summed E-state index contributed by atoms with van der Waals surface area (Å²) in [7, 11) is 0. The lowest BCUT2D eigenvalue weighted by atomic mass is 9.86. The number of rotatable bonds is 4. The van der Waals surface area contributed by atoms with E-state index >= 15 is 0 Å². The molecular formula is C24H27N5OS. The molecule has 1 saturated carbocycles. The molecule has 1 aromatic carbocycles. The van der Waals surface area contributed by atoms with Crippen molar-refractivity contribution in [3.8, 4) is 0 Å². The summed E-state index contributed by atoms with van der Waals surface area (Å²) in [6.07, 6.45) is 10.6. The molecule has 1 aliphatic heterocycles. The number of nitrogens with zero attached hydrogens (tertiary/aromatic N) is 4. The molecule has 0 unspecified atom stereocenters. The second kappa shape index (κ2) is 8.04. The van der Waals surface area contributed by atoms with Crippen LogP contribution in [-0.2, 0) is 6.42 Å². The molecule has 0 amide bonds. The van der Waals surface area contributed by atoms with Gasteiger partial charge in [-0.15, -0.1) is 0 Å². The van der Waals surface area contributed by atoms with Crippen molar-refractivity contribution < 1.29 is 0 Å². The minimum atomic E-state index is -0.318. The number of aromatic nitrogens is 3. The van der Waals surface area contributed by atoms with Crippen LogP contribution in [0.25, 0.3) is 16.6 Å². The number of aliphatic imine (C=N–C) groups is 1. The second-order valence-corrected chi connectivity index (χ2v) is 9.77. The Bertz CT molecular complexity index is 1280. The Morgan fingerprint density at radius 3 is 2.84 bits per heavy atom. The molecule has 0 saturated heterocycles. The van der Waals surface area contributed by atoms with E-state index in [0.717, 1.165) is 51.9 Å². The Morgan fingerprint density at radius 1 is 1.23 bits per heavy atom. The van der Waals surface area contributed by atoms with Gasteiger partial charge in [-0.3, -0.25) is 9.79 Å². The first kappa shape index (κ1) is 20.1. The zero-order chi connectivity index (χ0) is 21.5. The maximum Gasteiger partial charge on any atom is 0.283 e. The summed E-state index contributed by atoms with van der Waals surface area (Å²) in [5.41, 5.74) is 11.4. The van der Waals surface area contributed by atoms with E-state index in [2.05, 4.69) is 16.0 Å². The summed E-state index contributed by atoms with van der Waals surface area (Å²) >= 11 is 1.47. The molecule has 0 bridgehead atoms. The number of anilines is 1. The van der Waals surface area contributed by atoms with Crippen LogP contribution in [0.4, 0.5) is 11.5 Å². The molecule has 7 heteroatoms. The third kappa shape index (κ3) is 3.82. The topological polar surface area (TPSA) is 85.6 Å². The predicted molar refractivity (Wildman–Crippen MR) is 128 cm³/mol. The van der Waals surface area contributed by atoms with Crippen LogP contribution in [0.1, 0.15) is 67.1 Å². The number of hydrogen-bond acceptors (Lipinski definition) is 6. The monoisotopic (exact) mass is 433 g/mol. The first-order valence-corrected chi connectivity index (χ1v) is 11.9. The first-order valence-electron chi connectivity index (χ1n) is 11.1. The molecule has 0 spiro atoms. The maximum absolute atomic E-state index is 12.8. The van der Waals surface area contributed by atoms with Gasteiger partial charge >= 0.3 is 0 Å². The summed E-state index contributed by atoms with van der Waals surface area (Å²) in [6, 6.07) is 6.14. The Balaban J connectivity index is 1.49. The molecule has 1 aliphatic carbocycles. The van der Waals surface area contributed by atoms with Gasteiger partial charge in [-0.05, 0) is 44.4 Å². The van der Waals surface area contributed by atoms with Gasteiger partial charge in [-0.1, -0.05) is 55.1 Å². The van der Waals surface area contributed by atoms with Crippen LogP contribution in [-0.4, -0.2) is 20.3 Å². The molecule has 5 rings (SSSR count). The third-order valence-corrected chi connectivity index (χ3v) is 7.40. The van der Waals surface area contributed by atoms with Gasteiger partial charge in [0.05, 0.1) is 11.3 Å². The molecule has 2 aliphatic rings. The highest BCUT2D eigenvalue weighted by Crippen LogP contribution is 2.36. The quantitative estimate of drug-likeness (QED) is 0.613. The van der Waals surface area contributed by atoms with Gasteiger partial charge in [0, 0.05) is 23.3 Å². The van der Waals surface area contributed by atoms with Crippen molar-refractivity contribution in [1.29, 1.82) is 0 Å². The predicted octanol–water partition coefficient (Wildman–Crippen LogP) is 5.20. The number of aryl methyl sites for hydroxylation is 2. The highest BCUT2D eigenvalue weighted by Gasteiger charge is 2.21. The van der Waals surface area contributed by atoms with Crippen LogP contribution in [0.3, 0.4) is 0 Å². The largest absolute Gasteiger partial charge is 0.383 e. The summed E-state index contributed by atoms with van der Waals surface area (Å²) < 4.78 is 1.63. The normalized spacial score (nSPS) is 18.0. The van der Waals surface area contributed by atoms with Crippen molar-refractivity contribution in [2.75, 3.05) is 5.73 Å². The minimum absolute atomic E-state index is 0.318. The fourth-order valence-corrected chi connectivity index (χ4v) is 5.59. The van der Waals surface area contributed by atoms with Gasteiger partial charge in [0.2, 0.25) is 4.96 Å². The SMILES string of the molecule is CC1=Nc2ccc(C)cc2/C1=C\c1c(N)n2nc(CCC3CCCCC3)sc2nc1=O. The van der Waals surface area contributed by atoms with Crippen molar-refractivity contribution in [2.24, 2.45) is 10.9 Å². The van der Waals surface area contributed by atoms with Crippen molar-refractivity contribution in [1.82, 2.24) is 14.6 Å². The maximum atomic E-state index is 12.8. The zero-order valence-corrected chi connectivity index (χ0v) is 18.8. The van der Waals surface area contributed by atoms with Crippen LogP contribution < -0.4 is 11.3 Å². The van der Waals surface area contributed by atoms with Crippen molar-refractivity contribution in [3.05, 3.63) is 50.3 Å². The van der Waals surface area contributed by atoms with Gasteiger partial charge in [-0.25, -0.2) is 0 Å². The lowest BCUT2D eigenvalue weighted by Gasteiger charge is -2.20. The van der Waals surface area contributed by atoms with Gasteiger partial charge in [0.25, 0.3) is 5.56 Å². The van der Waals surface area contributed by atoms with Crippen LogP contribution in [0.15, 0.2) is 28.0 Å². The lowest BCUT2D eigenvalue weighted by Crippen LogP contribution is -2.17. The van der Waals surface area contributed by atoms with E-state index in [4.69, 9.17) is 10.8 Å². The fourth-order valence-electron chi connectivity index (χ4n) is 4.69. The van der Waals surface area contributed by atoms with E-state index in [9.17, 15) is 4.79 Å². The standard InChI is InChI=1S/C24H27N5OS/c1-14-8-10-20-18(12-14)17(15(2)26-20)13-19-22(25)29-24(27-23(19)30)31-21(28-29)11-9-16-6-4-3-5-7-16/h8,10,12-13,16H,3-7,9,11,25H2,1-2H3/b17-13-. The average molecular weight is 434 g/mol. The smallest absolute Gasteiger partial charge is 0.283 e. The van der Waals surface area contributed by atoms with Gasteiger partial charge in [0.1, 0.15) is 10.8 Å². The Morgan fingerprint density at radius 2 is 2.03 bits per heavy atom. The van der Waals surface area contributed by atoms with Gasteiger partial charge in [0.15, 0.2) is 0 Å². The Labute approximate surface area is 185 Å². The number of benzene rings is 1. The second-order valence-electron chi connectivity index (χ2n) is 8.72. The average Bonchev–Trinajstić information content (AvgIpc) is 3.30. The summed E-state index contributed by atoms with van der Waals surface area (Å²) in [5.74, 6) is 1.14. The molecule has 3 aromatic rings. The summed E-state index contributed by atoms with van der Waals surface area (Å²) in [6.45, 7) is 4.00. The molecule has 0 atom stereocenters. The molecular weight excluding hydrogens is 406 g/mol. The molecule has 160 valence electrons. The van der Waals surface area contributed by atoms with E-state index in [-0.39, 0.29) is 5.56 Å². The van der Waals surface area contributed by atoms with Gasteiger partial charge in [-0.2, -0.15) is 14.6 Å². The third-order valence-electron chi connectivity index (χ3n) is 6.43. The van der Waals surface area contributed by atoms with Crippen LogP contribution in [0.2, 0.25) is 0 Å². The number of allylic oxidation sites excluding steroid dienone is 1. The molecule has 1 fully saturated rings. The Hall–Kier alpha value is -2.80. The van der Waals surface area contributed by atoms with Crippen molar-refractivity contribution in [3.63, 3.8) is 0 Å². The summed E-state index contributed by atoms with van der Waals surface area (Å²) in [4.78, 5) is 22.3. The molecule has 0 radical (unpaired) electrons. The van der Waals surface area contributed by atoms with Gasteiger partial charge < -0.3 is 5.73 Å². The van der Waals surface area contributed by atoms with Crippen LogP contribution in [0, 0.1) is 12.8 Å². The molecule has 2 N–H and O–H groups in total. The molecule has 3 heterocycles. The fraction of sp³-hybridized carbons (Fsp3) is 0.417. The van der Waals surface area contributed by atoms with Crippen LogP contribution in [0.5, 0.6) is 0 Å². The molecule has 31 heavy (non-hydrogen) atoms. The number of fused-ring (bicyclic) bond motifs is 2. The highest BCUT2D eigenvalue weighted by molar-refractivity contribution is 7.16. The molecule has 6 nitrogen and oxygen atoms in total. The number of nitrogens with two attached hydrogens (primary N) is 1. The Kier molecular flexibility index (Phi) is 5.22. The zero-order valence-electron chi connectivity index (χ0n) is 18.0. The van der Waals surface area contributed by atoms with Crippen molar-refractivity contribution in [2.45, 2.75) is 58.8 Å². The highest BCUT2D eigenvalue weighted by atomic mass is 32.1.